The Labute approximate surface area is 395 Å². The standard InChI is InChI=1S/C49H57ClN8O8S/c1-48(2)16-12-35(40(27-48)33-4-6-36(50)7-5-33)29-55-18-20-56(21-19-55)37-8-10-39(42(25-37)57-30-49(3,60)31-66-47-44(57)24-34-13-17-51-45(34)53-47)46(59)54-67(63,64)38-9-11-41(43(26-38)58(61)62)52-28-32-14-22-65-23-15-32/h4-11,13,17,24-26,32,52,60H,12,14-16,18-23,27-31H2,1-3H3,(H,51,53)(H,54,59)/t49-/m1/s1. The number of carbonyl (C=O) groups is 1. The van der Waals surface area contributed by atoms with E-state index in [9.17, 15) is 28.4 Å². The van der Waals surface area contributed by atoms with E-state index in [4.69, 9.17) is 26.1 Å². The van der Waals surface area contributed by atoms with Crippen molar-refractivity contribution in [2.75, 3.05) is 80.8 Å². The number of ether oxygens (including phenoxy) is 2. The van der Waals surface area contributed by atoms with Crippen LogP contribution in [0.3, 0.4) is 0 Å². The van der Waals surface area contributed by atoms with Crippen LogP contribution in [0.1, 0.15) is 68.8 Å². The van der Waals surface area contributed by atoms with Crippen molar-refractivity contribution in [2.45, 2.75) is 63.4 Å². The highest BCUT2D eigenvalue weighted by Crippen LogP contribution is 2.44. The molecule has 3 aliphatic heterocycles. The maximum atomic E-state index is 14.5. The summed E-state index contributed by atoms with van der Waals surface area (Å²) < 4.78 is 41.7. The molecule has 1 atom stereocenters. The molecule has 3 aromatic carbocycles. The van der Waals surface area contributed by atoms with Crippen LogP contribution < -0.4 is 24.6 Å². The number of benzene rings is 3. The van der Waals surface area contributed by atoms with Gasteiger partial charge in [0.15, 0.2) is 0 Å². The number of rotatable bonds is 12. The number of nitrogens with one attached hydrogen (secondary N) is 3. The van der Waals surface area contributed by atoms with Gasteiger partial charge in [0.1, 0.15) is 29.2 Å². The van der Waals surface area contributed by atoms with E-state index in [1.807, 2.05) is 30.3 Å². The van der Waals surface area contributed by atoms with Crippen molar-refractivity contribution in [1.29, 1.82) is 0 Å². The van der Waals surface area contributed by atoms with Gasteiger partial charge in [-0.05, 0) is 116 Å². The first-order chi connectivity index (χ1) is 32.0. The number of amides is 1. The minimum atomic E-state index is -4.64. The summed E-state index contributed by atoms with van der Waals surface area (Å²) in [6, 6.07) is 20.7. The predicted molar refractivity (Wildman–Crippen MR) is 260 cm³/mol. The SMILES string of the molecule is CC1(C)CCC(CN2CCN(c3ccc(C(=O)NS(=O)(=O)c4ccc(NCC5CCOCC5)c([N+](=O)[O-])c4)c(N4C[C@@](C)(O)COc5nc6[nH]ccc6cc54)c3)CC2)=C(c2ccc(Cl)cc2)C1. The second-order valence-corrected chi connectivity index (χ2v) is 21.4. The van der Waals surface area contributed by atoms with E-state index in [1.165, 1.54) is 28.8 Å². The summed E-state index contributed by atoms with van der Waals surface area (Å²) in [5, 5.41) is 28.5. The summed E-state index contributed by atoms with van der Waals surface area (Å²) in [7, 11) is -4.64. The molecule has 0 saturated carbocycles. The van der Waals surface area contributed by atoms with E-state index >= 15 is 0 Å². The first kappa shape index (κ1) is 46.4. The minimum Gasteiger partial charge on any atom is -0.473 e. The van der Waals surface area contributed by atoms with Gasteiger partial charge in [0.25, 0.3) is 21.6 Å². The predicted octanol–water partition coefficient (Wildman–Crippen LogP) is 8.15. The molecular weight excluding hydrogens is 896 g/mol. The Morgan fingerprint density at radius 1 is 1.00 bits per heavy atom. The third-order valence-electron chi connectivity index (χ3n) is 13.5. The van der Waals surface area contributed by atoms with Gasteiger partial charge in [-0.25, -0.2) is 13.1 Å². The number of allylic oxidation sites excluding steroid dienone is 1. The van der Waals surface area contributed by atoms with Crippen LogP contribution in [0.5, 0.6) is 5.88 Å². The molecule has 5 aromatic rings. The van der Waals surface area contributed by atoms with E-state index in [0.29, 0.717) is 49.9 Å². The smallest absolute Gasteiger partial charge is 0.293 e. The summed E-state index contributed by atoms with van der Waals surface area (Å²) in [6.45, 7) is 11.7. The van der Waals surface area contributed by atoms with Crippen molar-refractivity contribution < 1.29 is 32.7 Å². The topological polar surface area (TPSA) is 195 Å². The first-order valence-corrected chi connectivity index (χ1v) is 24.7. The number of H-pyrrole nitrogens is 1. The first-order valence-electron chi connectivity index (χ1n) is 22.9. The molecule has 67 heavy (non-hydrogen) atoms. The van der Waals surface area contributed by atoms with E-state index in [1.54, 1.807) is 30.2 Å². The molecule has 1 amide bonds. The lowest BCUT2D eigenvalue weighted by atomic mass is 9.72. The quantitative estimate of drug-likeness (QED) is 0.0692. The lowest BCUT2D eigenvalue weighted by Crippen LogP contribution is -2.47. The number of carbonyl (C=O) groups excluding carboxylic acids is 1. The minimum absolute atomic E-state index is 0.00471. The summed E-state index contributed by atoms with van der Waals surface area (Å²) in [5.74, 6) is -0.482. The monoisotopic (exact) mass is 952 g/mol. The highest BCUT2D eigenvalue weighted by atomic mass is 35.5. The zero-order chi connectivity index (χ0) is 47.1. The number of hydrogen-bond donors (Lipinski definition) is 4. The van der Waals surface area contributed by atoms with Gasteiger partial charge in [-0.2, -0.15) is 4.98 Å². The second-order valence-electron chi connectivity index (χ2n) is 19.3. The Bertz CT molecular complexity index is 2820. The fourth-order valence-electron chi connectivity index (χ4n) is 9.61. The normalized spacial score (nSPS) is 20.6. The van der Waals surface area contributed by atoms with E-state index in [0.717, 1.165) is 73.9 Å². The van der Waals surface area contributed by atoms with Crippen LogP contribution in [-0.2, 0) is 14.8 Å². The van der Waals surface area contributed by atoms with E-state index in [2.05, 4.69) is 50.8 Å². The van der Waals surface area contributed by atoms with Crippen LogP contribution in [0.15, 0.2) is 89.5 Å². The summed E-state index contributed by atoms with van der Waals surface area (Å²) in [6.07, 6.45) is 6.52. The molecule has 0 spiro atoms. The Morgan fingerprint density at radius 3 is 2.51 bits per heavy atom. The number of pyridine rings is 1. The van der Waals surface area contributed by atoms with Crippen LogP contribution in [0, 0.1) is 21.4 Å². The van der Waals surface area contributed by atoms with Crippen LogP contribution in [0.4, 0.5) is 28.4 Å². The number of nitro benzene ring substituents is 1. The number of anilines is 4. The van der Waals surface area contributed by atoms with Crippen molar-refractivity contribution in [3.05, 3.63) is 111 Å². The third-order valence-corrected chi connectivity index (χ3v) is 15.0. The Hall–Kier alpha value is -5.72. The number of aliphatic hydroxyl groups is 1. The summed E-state index contributed by atoms with van der Waals surface area (Å²) in [5.41, 5.74) is 4.75. The molecule has 0 bridgehead atoms. The Kier molecular flexibility index (Phi) is 13.0. The lowest BCUT2D eigenvalue weighted by molar-refractivity contribution is -0.384. The fourth-order valence-corrected chi connectivity index (χ4v) is 10.7. The number of fused-ring (bicyclic) bond motifs is 2. The molecule has 354 valence electrons. The molecule has 2 saturated heterocycles. The molecule has 5 heterocycles. The number of hydrogen-bond acceptors (Lipinski definition) is 13. The molecule has 2 aromatic heterocycles. The average molecular weight is 954 g/mol. The molecule has 18 heteroatoms. The number of nitrogens with zero attached hydrogens (tertiary/aromatic N) is 5. The van der Waals surface area contributed by atoms with Gasteiger partial charge in [-0.15, -0.1) is 0 Å². The van der Waals surface area contributed by atoms with Gasteiger partial charge in [0.05, 0.1) is 27.6 Å². The zero-order valence-electron chi connectivity index (χ0n) is 38.0. The van der Waals surface area contributed by atoms with Crippen LogP contribution in [0.25, 0.3) is 16.6 Å². The van der Waals surface area contributed by atoms with Crippen molar-refractivity contribution in [1.82, 2.24) is 19.6 Å². The van der Waals surface area contributed by atoms with Crippen molar-refractivity contribution in [2.24, 2.45) is 11.3 Å². The maximum Gasteiger partial charge on any atom is 0.293 e. The molecule has 0 radical (unpaired) electrons. The number of piperazine rings is 1. The number of aromatic amines is 1. The van der Waals surface area contributed by atoms with Crippen molar-refractivity contribution in [3.8, 4) is 5.88 Å². The number of nitro groups is 1. The summed E-state index contributed by atoms with van der Waals surface area (Å²) >= 11 is 6.27. The van der Waals surface area contributed by atoms with Gasteiger partial charge in [-0.1, -0.05) is 43.2 Å². The van der Waals surface area contributed by atoms with E-state index in [-0.39, 0.29) is 41.6 Å². The summed E-state index contributed by atoms with van der Waals surface area (Å²) in [4.78, 5) is 39.9. The van der Waals surface area contributed by atoms with Crippen LogP contribution in [-0.4, -0.2) is 110 Å². The van der Waals surface area contributed by atoms with Gasteiger partial charge in [-0.3, -0.25) is 19.8 Å². The Morgan fingerprint density at radius 2 is 1.76 bits per heavy atom. The molecule has 16 nitrogen and oxygen atoms in total. The van der Waals surface area contributed by atoms with Gasteiger partial charge < -0.3 is 34.7 Å². The second kappa shape index (κ2) is 18.8. The van der Waals surface area contributed by atoms with Gasteiger partial charge >= 0.3 is 0 Å². The average Bonchev–Trinajstić information content (AvgIpc) is 3.72. The van der Waals surface area contributed by atoms with Gasteiger partial charge in [0.2, 0.25) is 5.88 Å². The van der Waals surface area contributed by atoms with Crippen LogP contribution >= 0.6 is 11.6 Å². The number of β-amino-alcohol motifs (C(OH)–C–C–N with tert-alkyl or cyclic N) is 1. The van der Waals surface area contributed by atoms with Crippen molar-refractivity contribution in [3.63, 3.8) is 0 Å². The highest BCUT2D eigenvalue weighted by Gasteiger charge is 2.36. The molecule has 2 fully saturated rings. The molecule has 4 aliphatic rings. The molecule has 9 rings (SSSR count). The number of halogens is 1. The highest BCUT2D eigenvalue weighted by molar-refractivity contribution is 7.90. The number of aromatic nitrogens is 2. The molecule has 0 unspecified atom stereocenters. The maximum absolute atomic E-state index is 14.5. The van der Waals surface area contributed by atoms with Crippen molar-refractivity contribution >= 4 is 72.6 Å². The third kappa shape index (κ3) is 10.4. The fraction of sp³-hybridized carbons (Fsp3) is 0.429. The largest absolute Gasteiger partial charge is 0.473 e. The number of sulfonamides is 1. The zero-order valence-corrected chi connectivity index (χ0v) is 39.6. The van der Waals surface area contributed by atoms with Gasteiger partial charge in [0, 0.05) is 80.8 Å². The Balaban J connectivity index is 1.01. The van der Waals surface area contributed by atoms with Crippen LogP contribution in [0.2, 0.25) is 5.02 Å². The lowest BCUT2D eigenvalue weighted by Gasteiger charge is -2.39. The van der Waals surface area contributed by atoms with E-state index < -0.39 is 37.0 Å². The molecule has 1 aliphatic carbocycles. The molecular formula is C49H57ClN8O8S. The molecule has 4 N–H and O–H groups in total.